The third kappa shape index (κ3) is 41.6. The van der Waals surface area contributed by atoms with E-state index in [4.69, 9.17) is 14.2 Å². The van der Waals surface area contributed by atoms with Crippen LogP contribution in [0.3, 0.4) is 0 Å². The number of hydrogen-bond donors (Lipinski definition) is 0. The van der Waals surface area contributed by atoms with E-state index in [9.17, 15) is 19.5 Å². The van der Waals surface area contributed by atoms with E-state index < -0.39 is 18.1 Å². The second kappa shape index (κ2) is 43.9. The number of unbranched alkanes of at least 4 members (excludes halogenated alkanes) is 16. The van der Waals surface area contributed by atoms with E-state index in [0.29, 0.717) is 12.8 Å². The number of hydrogen-bond acceptors (Lipinski definition) is 7. The fourth-order valence-electron chi connectivity index (χ4n) is 6.64. The fraction of sp³-hybridized carbons (Fsp3) is 0.648. The molecule has 0 aromatic carbocycles. The van der Waals surface area contributed by atoms with Crippen molar-refractivity contribution in [2.24, 2.45) is 0 Å². The number of likely N-dealkylation sites (N-methyl/N-ethyl adjacent to an activating group) is 1. The molecule has 2 atom stereocenters. The van der Waals surface area contributed by atoms with Crippen LogP contribution < -0.4 is 5.11 Å². The van der Waals surface area contributed by atoms with Gasteiger partial charge in [-0.25, -0.2) is 0 Å². The number of carboxylic acid groups (broad SMARTS) is 1. The average Bonchev–Trinajstić information content (AvgIpc) is 3.23. The van der Waals surface area contributed by atoms with Gasteiger partial charge in [0, 0.05) is 19.3 Å². The van der Waals surface area contributed by atoms with Crippen LogP contribution in [0.4, 0.5) is 0 Å². The van der Waals surface area contributed by atoms with E-state index in [1.165, 1.54) is 70.6 Å². The first-order valence-electron chi connectivity index (χ1n) is 24.3. The predicted octanol–water partition coefficient (Wildman–Crippen LogP) is 12.5. The summed E-state index contributed by atoms with van der Waals surface area (Å²) in [6, 6.07) is -0.738. The van der Waals surface area contributed by atoms with Crippen LogP contribution in [0.2, 0.25) is 0 Å². The molecule has 8 nitrogen and oxygen atoms in total. The predicted molar refractivity (Wildman–Crippen MR) is 258 cm³/mol. The van der Waals surface area contributed by atoms with Crippen molar-refractivity contribution < 1.29 is 38.2 Å². The smallest absolute Gasteiger partial charge is 0.306 e. The lowest BCUT2D eigenvalue weighted by Crippen LogP contribution is -2.55. The fourth-order valence-corrected chi connectivity index (χ4v) is 6.64. The summed E-state index contributed by atoms with van der Waals surface area (Å²) in [5.74, 6) is -1.80. The molecule has 8 heteroatoms. The molecule has 0 aromatic heterocycles. The van der Waals surface area contributed by atoms with Crippen LogP contribution in [0.25, 0.3) is 0 Å². The van der Waals surface area contributed by atoms with E-state index in [-0.39, 0.29) is 42.7 Å². The molecule has 0 N–H and O–H groups in total. The largest absolute Gasteiger partial charge is 0.544 e. The first-order valence-corrected chi connectivity index (χ1v) is 24.3. The monoisotopic (exact) mass is 864 g/mol. The Morgan fingerprint density at radius 2 is 0.935 bits per heavy atom. The lowest BCUT2D eigenvalue weighted by molar-refractivity contribution is -0.889. The maximum Gasteiger partial charge on any atom is 0.306 e. The van der Waals surface area contributed by atoms with Crippen molar-refractivity contribution in [3.63, 3.8) is 0 Å². The molecule has 0 saturated heterocycles. The highest BCUT2D eigenvalue weighted by molar-refractivity contribution is 5.70. The Labute approximate surface area is 379 Å². The van der Waals surface area contributed by atoms with Gasteiger partial charge in [0.1, 0.15) is 12.6 Å². The minimum Gasteiger partial charge on any atom is -0.544 e. The second-order valence-corrected chi connectivity index (χ2v) is 17.1. The number of carbonyl (C=O) groups excluding carboxylic acids is 3. The zero-order valence-electron chi connectivity index (χ0n) is 40.0. The lowest BCUT2D eigenvalue weighted by atomic mass is 10.0. The van der Waals surface area contributed by atoms with Gasteiger partial charge >= 0.3 is 11.9 Å². The Kier molecular flexibility index (Phi) is 41.2. The van der Waals surface area contributed by atoms with E-state index in [1.807, 2.05) is 48.6 Å². The van der Waals surface area contributed by atoms with Crippen LogP contribution in [0, 0.1) is 0 Å². The number of ether oxygens (including phenoxy) is 3. The zero-order chi connectivity index (χ0) is 45.6. The minimum atomic E-state index is -1.13. The maximum atomic E-state index is 12.8. The molecule has 2 unspecified atom stereocenters. The van der Waals surface area contributed by atoms with Gasteiger partial charge in [-0.2, -0.15) is 0 Å². The Bertz CT molecular complexity index is 1330. The van der Waals surface area contributed by atoms with Crippen molar-refractivity contribution >= 4 is 17.9 Å². The molecule has 0 aliphatic heterocycles. The molecule has 0 radical (unpaired) electrons. The average molecular weight is 864 g/mol. The van der Waals surface area contributed by atoms with Crippen LogP contribution in [0.5, 0.6) is 0 Å². The van der Waals surface area contributed by atoms with Crippen molar-refractivity contribution in [2.75, 3.05) is 41.0 Å². The summed E-state index contributed by atoms with van der Waals surface area (Å²) < 4.78 is 17.2. The molecule has 0 aliphatic rings. The molecule has 0 bridgehead atoms. The van der Waals surface area contributed by atoms with Crippen molar-refractivity contribution in [2.45, 2.75) is 187 Å². The molecule has 0 aromatic rings. The molecular weight excluding hydrogens is 775 g/mol. The summed E-state index contributed by atoms with van der Waals surface area (Å²) in [4.78, 5) is 37.0. The molecular formula is C54H89NO7. The third-order valence-electron chi connectivity index (χ3n) is 10.3. The van der Waals surface area contributed by atoms with Crippen LogP contribution in [-0.2, 0) is 28.6 Å². The van der Waals surface area contributed by atoms with Crippen LogP contribution >= 0.6 is 0 Å². The van der Waals surface area contributed by atoms with Gasteiger partial charge in [0.05, 0.1) is 40.3 Å². The van der Waals surface area contributed by atoms with Gasteiger partial charge < -0.3 is 28.6 Å². The normalized spacial score (nSPS) is 13.8. The van der Waals surface area contributed by atoms with Gasteiger partial charge in [0.25, 0.3) is 0 Å². The van der Waals surface area contributed by atoms with Crippen molar-refractivity contribution in [1.29, 1.82) is 0 Å². The number of allylic oxidation sites excluding steroid dienone is 16. The Morgan fingerprint density at radius 3 is 1.47 bits per heavy atom. The maximum absolute atomic E-state index is 12.8. The summed E-state index contributed by atoms with van der Waals surface area (Å²) in [6.45, 7) is 4.36. The molecule has 0 fully saturated rings. The van der Waals surface area contributed by atoms with E-state index in [1.54, 1.807) is 21.1 Å². The Morgan fingerprint density at radius 1 is 0.500 bits per heavy atom. The summed E-state index contributed by atoms with van der Waals surface area (Å²) in [7, 11) is 5.39. The van der Waals surface area contributed by atoms with Crippen LogP contribution in [0.1, 0.15) is 174 Å². The number of rotatable bonds is 42. The SMILES string of the molecule is CC/C=C/C=C/C=C/C=C/C=C/CCCCCC(=O)OCC(COCCC(C(=O)[O-])[N+](C)(C)C)OC(=O)CCCCCCCCCCCCCCC/C=C/C/C=C/C/C=C/CC. The summed E-state index contributed by atoms with van der Waals surface area (Å²) >= 11 is 0. The molecule has 62 heavy (non-hydrogen) atoms. The first-order chi connectivity index (χ1) is 30.1. The van der Waals surface area contributed by atoms with Crippen LogP contribution in [-0.4, -0.2) is 75.5 Å². The van der Waals surface area contributed by atoms with Crippen molar-refractivity contribution in [1.82, 2.24) is 0 Å². The summed E-state index contributed by atoms with van der Waals surface area (Å²) in [6.07, 6.45) is 58.7. The summed E-state index contributed by atoms with van der Waals surface area (Å²) in [5.41, 5.74) is 0. The van der Waals surface area contributed by atoms with Crippen LogP contribution in [0.15, 0.2) is 97.2 Å². The molecule has 0 spiro atoms. The lowest BCUT2D eigenvalue weighted by Gasteiger charge is -2.34. The number of aliphatic carboxylic acids is 1. The zero-order valence-corrected chi connectivity index (χ0v) is 40.0. The van der Waals surface area contributed by atoms with Gasteiger partial charge in [-0.1, -0.05) is 188 Å². The standard InChI is InChI=1S/C54H89NO7/c1-6-8-10-12-14-16-18-20-22-23-24-25-26-27-28-29-31-33-35-37-39-41-43-45-53(57)62-50(48-60-47-46-51(54(58)59)55(3,4)5)49-61-52(56)44-42-40-38-36-34-32-30-21-19-17-15-13-11-9-7-2/h8-11,13-17,19-22,30,32,34,50-51H,6-7,12,18,23-29,31,33,35-49H2,1-5H3/b10-8+,11-9+,15-13+,16-14+,19-17+,22-20+,30-21+,34-32+. The van der Waals surface area contributed by atoms with E-state index >= 15 is 0 Å². The van der Waals surface area contributed by atoms with Gasteiger partial charge in [-0.15, -0.1) is 0 Å². The molecule has 352 valence electrons. The topological polar surface area (TPSA) is 102 Å². The van der Waals surface area contributed by atoms with Crippen molar-refractivity contribution in [3.05, 3.63) is 97.2 Å². The quantitative estimate of drug-likeness (QED) is 0.0198. The number of quaternary nitrogens is 1. The molecule has 0 heterocycles. The highest BCUT2D eigenvalue weighted by Crippen LogP contribution is 2.15. The molecule has 0 saturated carbocycles. The third-order valence-corrected chi connectivity index (χ3v) is 10.3. The first kappa shape index (κ1) is 58.2. The van der Waals surface area contributed by atoms with E-state index in [2.05, 4.69) is 62.5 Å². The molecule has 0 rings (SSSR count). The summed E-state index contributed by atoms with van der Waals surface area (Å²) in [5, 5.41) is 11.6. The molecule has 0 amide bonds. The number of nitrogens with zero attached hydrogens (tertiary/aromatic N) is 1. The van der Waals surface area contributed by atoms with Gasteiger partial charge in [0.15, 0.2) is 6.10 Å². The highest BCUT2D eigenvalue weighted by Gasteiger charge is 2.25. The Balaban J connectivity index is 4.30. The number of carbonyl (C=O) groups is 3. The Hall–Kier alpha value is -3.75. The van der Waals surface area contributed by atoms with E-state index in [0.717, 1.165) is 70.6 Å². The van der Waals surface area contributed by atoms with Crippen molar-refractivity contribution in [3.8, 4) is 0 Å². The number of carboxylic acids is 1. The second-order valence-electron chi connectivity index (χ2n) is 17.1. The number of esters is 2. The van der Waals surface area contributed by atoms with Gasteiger partial charge in [-0.3, -0.25) is 9.59 Å². The van der Waals surface area contributed by atoms with Gasteiger partial charge in [0.2, 0.25) is 0 Å². The molecule has 0 aliphatic carbocycles. The highest BCUT2D eigenvalue weighted by atomic mass is 16.6. The minimum absolute atomic E-state index is 0.0211. The van der Waals surface area contributed by atoms with Gasteiger partial charge in [-0.05, 0) is 64.2 Å².